The SMILES string of the molecule is Cn1nc(C(=O)Nc2ccccc2Oc2ccccc2)c2ccccc2c1=O. The van der Waals surface area contributed by atoms with Gasteiger partial charge in [-0.3, -0.25) is 9.59 Å². The number of amides is 1. The van der Waals surface area contributed by atoms with E-state index in [9.17, 15) is 9.59 Å². The van der Waals surface area contributed by atoms with Gasteiger partial charge in [0.05, 0.1) is 11.1 Å². The number of rotatable bonds is 4. The Morgan fingerprint density at radius 3 is 2.32 bits per heavy atom. The molecule has 28 heavy (non-hydrogen) atoms. The third kappa shape index (κ3) is 3.35. The van der Waals surface area contributed by atoms with E-state index in [0.717, 1.165) is 0 Å². The summed E-state index contributed by atoms with van der Waals surface area (Å²) in [4.78, 5) is 25.2. The molecule has 0 fully saturated rings. The molecule has 0 bridgehead atoms. The molecule has 0 saturated heterocycles. The minimum atomic E-state index is -0.420. The molecule has 138 valence electrons. The number of para-hydroxylation sites is 3. The highest BCUT2D eigenvalue weighted by atomic mass is 16.5. The number of hydrogen-bond acceptors (Lipinski definition) is 4. The minimum absolute atomic E-state index is 0.173. The van der Waals surface area contributed by atoms with Crippen LogP contribution < -0.4 is 15.6 Å². The van der Waals surface area contributed by atoms with Crippen molar-refractivity contribution in [3.8, 4) is 11.5 Å². The summed E-state index contributed by atoms with van der Waals surface area (Å²) in [5.74, 6) is 0.752. The first-order valence-electron chi connectivity index (χ1n) is 8.73. The molecule has 0 radical (unpaired) electrons. The summed E-state index contributed by atoms with van der Waals surface area (Å²) in [7, 11) is 1.53. The van der Waals surface area contributed by atoms with Gasteiger partial charge in [-0.25, -0.2) is 4.68 Å². The summed E-state index contributed by atoms with van der Waals surface area (Å²) in [5, 5.41) is 7.95. The molecule has 0 aliphatic heterocycles. The maximum atomic E-state index is 13.0. The van der Waals surface area contributed by atoms with Gasteiger partial charge in [0.1, 0.15) is 5.75 Å². The molecule has 0 spiro atoms. The molecule has 3 aromatic carbocycles. The Morgan fingerprint density at radius 1 is 0.893 bits per heavy atom. The fourth-order valence-electron chi connectivity index (χ4n) is 2.92. The van der Waals surface area contributed by atoms with Crippen LogP contribution in [0, 0.1) is 0 Å². The summed E-state index contributed by atoms with van der Waals surface area (Å²) in [6.45, 7) is 0. The summed E-state index contributed by atoms with van der Waals surface area (Å²) in [6.07, 6.45) is 0. The van der Waals surface area contributed by atoms with E-state index in [1.165, 1.54) is 11.7 Å². The number of ether oxygens (including phenoxy) is 1. The van der Waals surface area contributed by atoms with Gasteiger partial charge in [-0.05, 0) is 30.3 Å². The number of anilines is 1. The number of nitrogens with zero attached hydrogens (tertiary/aromatic N) is 2. The second-order valence-corrected chi connectivity index (χ2v) is 6.19. The van der Waals surface area contributed by atoms with Gasteiger partial charge >= 0.3 is 0 Å². The number of fused-ring (bicyclic) bond motifs is 1. The largest absolute Gasteiger partial charge is 0.455 e. The smallest absolute Gasteiger partial charge is 0.276 e. The lowest BCUT2D eigenvalue weighted by Crippen LogP contribution is -2.25. The zero-order chi connectivity index (χ0) is 19.5. The van der Waals surface area contributed by atoms with Crippen molar-refractivity contribution in [2.75, 3.05) is 5.32 Å². The molecule has 0 atom stereocenters. The van der Waals surface area contributed by atoms with E-state index in [1.54, 1.807) is 42.5 Å². The molecule has 0 aliphatic carbocycles. The molecule has 1 N–H and O–H groups in total. The van der Waals surface area contributed by atoms with Crippen LogP contribution in [0.4, 0.5) is 5.69 Å². The highest BCUT2D eigenvalue weighted by Crippen LogP contribution is 2.29. The molecular formula is C22H17N3O3. The number of nitrogens with one attached hydrogen (secondary N) is 1. The zero-order valence-electron chi connectivity index (χ0n) is 15.1. The molecule has 1 aromatic heterocycles. The van der Waals surface area contributed by atoms with E-state index in [1.807, 2.05) is 36.4 Å². The van der Waals surface area contributed by atoms with Crippen molar-refractivity contribution in [2.24, 2.45) is 7.05 Å². The third-order valence-corrected chi connectivity index (χ3v) is 4.28. The lowest BCUT2D eigenvalue weighted by molar-refractivity contribution is 0.102. The van der Waals surface area contributed by atoms with Crippen LogP contribution in [0.15, 0.2) is 83.7 Å². The maximum Gasteiger partial charge on any atom is 0.276 e. The van der Waals surface area contributed by atoms with Crippen molar-refractivity contribution < 1.29 is 9.53 Å². The van der Waals surface area contributed by atoms with Crippen LogP contribution in [0.5, 0.6) is 11.5 Å². The molecular weight excluding hydrogens is 354 g/mol. The van der Waals surface area contributed by atoms with Crippen LogP contribution in [0.3, 0.4) is 0 Å². The highest BCUT2D eigenvalue weighted by molar-refractivity contribution is 6.11. The topological polar surface area (TPSA) is 73.2 Å². The number of carbonyl (C=O) groups excluding carboxylic acids is 1. The van der Waals surface area contributed by atoms with Crippen molar-refractivity contribution in [1.82, 2.24) is 9.78 Å². The van der Waals surface area contributed by atoms with Crippen LogP contribution in [0.1, 0.15) is 10.5 Å². The van der Waals surface area contributed by atoms with Crippen LogP contribution in [0.2, 0.25) is 0 Å². The summed E-state index contributed by atoms with van der Waals surface area (Å²) >= 11 is 0. The minimum Gasteiger partial charge on any atom is -0.455 e. The molecule has 1 amide bonds. The summed E-state index contributed by atoms with van der Waals surface area (Å²) in [6, 6.07) is 23.4. The predicted octanol–water partition coefficient (Wildman–Crippen LogP) is 3.98. The van der Waals surface area contributed by atoms with Gasteiger partial charge in [0.25, 0.3) is 11.5 Å². The molecule has 4 rings (SSSR count). The van der Waals surface area contributed by atoms with Crippen molar-refractivity contribution in [2.45, 2.75) is 0 Å². The number of hydrogen-bond donors (Lipinski definition) is 1. The van der Waals surface area contributed by atoms with Gasteiger partial charge in [0.2, 0.25) is 0 Å². The van der Waals surface area contributed by atoms with Crippen molar-refractivity contribution in [3.05, 3.63) is 94.9 Å². The Bertz CT molecular complexity index is 1220. The summed E-state index contributed by atoms with van der Waals surface area (Å²) in [5.41, 5.74) is 0.434. The second kappa shape index (κ2) is 7.36. The van der Waals surface area contributed by atoms with Crippen molar-refractivity contribution in [1.29, 1.82) is 0 Å². The van der Waals surface area contributed by atoms with E-state index in [0.29, 0.717) is 28.0 Å². The van der Waals surface area contributed by atoms with E-state index in [4.69, 9.17) is 4.74 Å². The molecule has 1 heterocycles. The average Bonchev–Trinajstić information content (AvgIpc) is 2.73. The van der Waals surface area contributed by atoms with Gasteiger partial charge in [0.15, 0.2) is 11.4 Å². The van der Waals surface area contributed by atoms with Gasteiger partial charge in [-0.15, -0.1) is 0 Å². The molecule has 6 nitrogen and oxygen atoms in total. The Kier molecular flexibility index (Phi) is 4.60. The molecule has 4 aromatic rings. The predicted molar refractivity (Wildman–Crippen MR) is 108 cm³/mol. The number of aryl methyl sites for hydroxylation is 1. The lowest BCUT2D eigenvalue weighted by Gasteiger charge is -2.13. The Morgan fingerprint density at radius 2 is 1.54 bits per heavy atom. The maximum absolute atomic E-state index is 13.0. The van der Waals surface area contributed by atoms with Crippen LogP contribution in [-0.2, 0) is 7.05 Å². The first-order valence-corrected chi connectivity index (χ1v) is 8.73. The average molecular weight is 371 g/mol. The quantitative estimate of drug-likeness (QED) is 0.589. The zero-order valence-corrected chi connectivity index (χ0v) is 15.1. The van der Waals surface area contributed by atoms with Crippen LogP contribution in [-0.4, -0.2) is 15.7 Å². The first-order chi connectivity index (χ1) is 13.6. The van der Waals surface area contributed by atoms with Gasteiger partial charge in [0, 0.05) is 12.4 Å². The fraction of sp³-hybridized carbons (Fsp3) is 0.0455. The van der Waals surface area contributed by atoms with E-state index in [-0.39, 0.29) is 11.3 Å². The monoisotopic (exact) mass is 371 g/mol. The summed E-state index contributed by atoms with van der Waals surface area (Å²) < 4.78 is 7.06. The first kappa shape index (κ1) is 17.5. The lowest BCUT2D eigenvalue weighted by atomic mass is 10.1. The number of benzene rings is 3. The Hall–Kier alpha value is -3.93. The van der Waals surface area contributed by atoms with Gasteiger partial charge in [-0.2, -0.15) is 5.10 Å². The third-order valence-electron chi connectivity index (χ3n) is 4.28. The van der Waals surface area contributed by atoms with Crippen molar-refractivity contribution in [3.63, 3.8) is 0 Å². The Labute approximate surface area is 161 Å². The van der Waals surface area contributed by atoms with E-state index in [2.05, 4.69) is 10.4 Å². The normalized spacial score (nSPS) is 10.6. The second-order valence-electron chi connectivity index (χ2n) is 6.19. The molecule has 6 heteroatoms. The van der Waals surface area contributed by atoms with Crippen LogP contribution >= 0.6 is 0 Å². The molecule has 0 unspecified atom stereocenters. The van der Waals surface area contributed by atoms with E-state index >= 15 is 0 Å². The number of aromatic nitrogens is 2. The van der Waals surface area contributed by atoms with E-state index < -0.39 is 5.91 Å². The fourth-order valence-corrected chi connectivity index (χ4v) is 2.92. The molecule has 0 saturated carbocycles. The van der Waals surface area contributed by atoms with Gasteiger partial charge in [-0.1, -0.05) is 48.5 Å². The highest BCUT2D eigenvalue weighted by Gasteiger charge is 2.17. The van der Waals surface area contributed by atoms with Crippen LogP contribution in [0.25, 0.3) is 10.8 Å². The standard InChI is InChI=1S/C22H17N3O3/c1-25-22(27)17-12-6-5-11-16(17)20(24-25)21(26)23-18-13-7-8-14-19(18)28-15-9-3-2-4-10-15/h2-14H,1H3,(H,23,26). The van der Waals surface area contributed by atoms with Crippen molar-refractivity contribution >= 4 is 22.4 Å². The molecule has 0 aliphatic rings. The van der Waals surface area contributed by atoms with Gasteiger partial charge < -0.3 is 10.1 Å². The number of carbonyl (C=O) groups is 1. The Balaban J connectivity index is 1.70.